The van der Waals surface area contributed by atoms with Gasteiger partial charge in [0.15, 0.2) is 0 Å². The Hall–Kier alpha value is -1.88. The van der Waals surface area contributed by atoms with Crippen LogP contribution >= 0.6 is 11.6 Å². The fourth-order valence-electron chi connectivity index (χ4n) is 1.15. The zero-order valence-corrected chi connectivity index (χ0v) is 9.02. The fourth-order valence-corrected chi connectivity index (χ4v) is 1.33. The molecule has 1 heterocycles. The van der Waals surface area contributed by atoms with Gasteiger partial charge in [0.25, 0.3) is 11.7 Å². The van der Waals surface area contributed by atoms with Gasteiger partial charge in [0.1, 0.15) is 0 Å². The molecule has 0 atom stereocenters. The number of carboxylic acids is 1. The number of benzene rings is 1. The van der Waals surface area contributed by atoms with Crippen LogP contribution in [0.2, 0.25) is 5.02 Å². The number of aromatic carboxylic acids is 1. The minimum Gasteiger partial charge on any atom is -0.475 e. The lowest BCUT2D eigenvalue weighted by Gasteiger charge is -1.98. The van der Waals surface area contributed by atoms with E-state index in [1.54, 1.807) is 18.2 Å². The molecule has 0 aliphatic rings. The summed E-state index contributed by atoms with van der Waals surface area (Å²) in [5.41, 5.74) is 1.51. The maximum Gasteiger partial charge on any atom is 0.377 e. The molecule has 1 aromatic heterocycles. The van der Waals surface area contributed by atoms with E-state index in [0.717, 1.165) is 5.56 Å². The average Bonchev–Trinajstić information content (AvgIpc) is 2.71. The Morgan fingerprint density at radius 3 is 2.81 bits per heavy atom. The lowest BCUT2D eigenvalue weighted by Crippen LogP contribution is -1.98. The van der Waals surface area contributed by atoms with E-state index < -0.39 is 5.97 Å². The highest BCUT2D eigenvalue weighted by molar-refractivity contribution is 6.31. The van der Waals surface area contributed by atoms with Crippen molar-refractivity contribution in [1.82, 2.24) is 10.1 Å². The fraction of sp³-hybridized carbons (Fsp3) is 0.100. The van der Waals surface area contributed by atoms with Crippen molar-refractivity contribution in [3.8, 4) is 11.5 Å². The van der Waals surface area contributed by atoms with E-state index in [2.05, 4.69) is 10.1 Å². The van der Waals surface area contributed by atoms with E-state index in [1.165, 1.54) is 0 Å². The van der Waals surface area contributed by atoms with Crippen LogP contribution in [0.5, 0.6) is 0 Å². The third kappa shape index (κ3) is 1.90. The monoisotopic (exact) mass is 238 g/mol. The lowest BCUT2D eigenvalue weighted by molar-refractivity contribution is 0.0680. The number of carbonyl (C=O) groups is 1. The van der Waals surface area contributed by atoms with E-state index in [9.17, 15) is 4.79 Å². The molecule has 16 heavy (non-hydrogen) atoms. The largest absolute Gasteiger partial charge is 0.475 e. The van der Waals surface area contributed by atoms with Gasteiger partial charge in [-0.25, -0.2) is 4.79 Å². The summed E-state index contributed by atoms with van der Waals surface area (Å²) >= 11 is 5.93. The first-order valence-corrected chi connectivity index (χ1v) is 4.79. The summed E-state index contributed by atoms with van der Waals surface area (Å²) in [5, 5.41) is 12.5. The average molecular weight is 239 g/mol. The van der Waals surface area contributed by atoms with Gasteiger partial charge in [-0.3, -0.25) is 0 Å². The first-order chi connectivity index (χ1) is 7.58. The van der Waals surface area contributed by atoms with Crippen LogP contribution in [-0.4, -0.2) is 21.2 Å². The van der Waals surface area contributed by atoms with Crippen LogP contribution in [-0.2, 0) is 0 Å². The van der Waals surface area contributed by atoms with Crippen molar-refractivity contribution in [3.63, 3.8) is 0 Å². The van der Waals surface area contributed by atoms with Gasteiger partial charge in [0.05, 0.1) is 0 Å². The Morgan fingerprint density at radius 1 is 1.50 bits per heavy atom. The second-order valence-electron chi connectivity index (χ2n) is 3.19. The van der Waals surface area contributed by atoms with Crippen LogP contribution in [0, 0.1) is 6.92 Å². The molecule has 82 valence electrons. The van der Waals surface area contributed by atoms with Crippen LogP contribution in [0.3, 0.4) is 0 Å². The van der Waals surface area contributed by atoms with E-state index >= 15 is 0 Å². The molecule has 0 fully saturated rings. The van der Waals surface area contributed by atoms with Gasteiger partial charge in [-0.1, -0.05) is 17.7 Å². The van der Waals surface area contributed by atoms with Crippen molar-refractivity contribution in [3.05, 3.63) is 34.6 Å². The number of halogens is 1. The third-order valence-corrected chi connectivity index (χ3v) is 2.44. The molecule has 2 rings (SSSR count). The van der Waals surface area contributed by atoms with Crippen LogP contribution in [0.1, 0.15) is 16.2 Å². The summed E-state index contributed by atoms with van der Waals surface area (Å²) in [5.74, 6) is -1.46. The molecule has 1 aromatic carbocycles. The number of hydrogen-bond acceptors (Lipinski definition) is 4. The standard InChI is InChI=1S/C10H7ClN2O3/c1-5-2-3-6(4-7(5)11)9-12-8(10(14)15)13-16-9/h2-4H,1H3,(H,14,15). The Kier molecular flexibility index (Phi) is 2.62. The predicted molar refractivity (Wildman–Crippen MR) is 56.4 cm³/mol. The molecule has 0 bridgehead atoms. The predicted octanol–water partition coefficient (Wildman–Crippen LogP) is 2.40. The molecule has 0 radical (unpaired) electrons. The van der Waals surface area contributed by atoms with Crippen LogP contribution in [0.25, 0.3) is 11.5 Å². The molecule has 0 aliphatic heterocycles. The molecule has 5 nitrogen and oxygen atoms in total. The zero-order chi connectivity index (χ0) is 11.7. The molecule has 0 spiro atoms. The summed E-state index contributed by atoms with van der Waals surface area (Å²) < 4.78 is 4.81. The Morgan fingerprint density at radius 2 is 2.25 bits per heavy atom. The van der Waals surface area contributed by atoms with Crippen LogP contribution < -0.4 is 0 Å². The van der Waals surface area contributed by atoms with Crippen molar-refractivity contribution >= 4 is 17.6 Å². The van der Waals surface area contributed by atoms with E-state index in [4.69, 9.17) is 21.2 Å². The Labute approximate surface area is 95.7 Å². The number of aromatic nitrogens is 2. The maximum atomic E-state index is 10.6. The number of nitrogens with zero attached hydrogens (tertiary/aromatic N) is 2. The normalized spacial score (nSPS) is 10.4. The van der Waals surface area contributed by atoms with Gasteiger partial charge in [-0.2, -0.15) is 4.98 Å². The molecular formula is C10H7ClN2O3. The number of hydrogen-bond donors (Lipinski definition) is 1. The van der Waals surface area contributed by atoms with Gasteiger partial charge in [-0.15, -0.1) is 0 Å². The highest BCUT2D eigenvalue weighted by Gasteiger charge is 2.14. The maximum absolute atomic E-state index is 10.6. The first-order valence-electron chi connectivity index (χ1n) is 4.41. The molecule has 0 amide bonds. The van der Waals surface area contributed by atoms with Crippen molar-refractivity contribution in [1.29, 1.82) is 0 Å². The number of carboxylic acid groups (broad SMARTS) is 1. The quantitative estimate of drug-likeness (QED) is 0.869. The van der Waals surface area contributed by atoms with Gasteiger partial charge in [0, 0.05) is 10.6 Å². The third-order valence-electron chi connectivity index (χ3n) is 2.04. The zero-order valence-electron chi connectivity index (χ0n) is 8.27. The minimum absolute atomic E-state index is 0.138. The topological polar surface area (TPSA) is 76.2 Å². The molecule has 0 saturated carbocycles. The summed E-state index contributed by atoms with van der Waals surface area (Å²) in [6.07, 6.45) is 0. The van der Waals surface area contributed by atoms with Crippen molar-refractivity contribution < 1.29 is 14.4 Å². The van der Waals surface area contributed by atoms with Gasteiger partial charge < -0.3 is 9.63 Å². The van der Waals surface area contributed by atoms with E-state index in [-0.39, 0.29) is 11.7 Å². The summed E-state index contributed by atoms with van der Waals surface area (Å²) in [6.45, 7) is 1.86. The van der Waals surface area contributed by atoms with Crippen molar-refractivity contribution in [2.45, 2.75) is 6.92 Å². The van der Waals surface area contributed by atoms with Crippen molar-refractivity contribution in [2.75, 3.05) is 0 Å². The van der Waals surface area contributed by atoms with E-state index in [1.807, 2.05) is 6.92 Å². The first kappa shape index (κ1) is 10.6. The highest BCUT2D eigenvalue weighted by Crippen LogP contribution is 2.23. The molecular weight excluding hydrogens is 232 g/mol. The van der Waals surface area contributed by atoms with Crippen LogP contribution in [0.4, 0.5) is 0 Å². The second kappa shape index (κ2) is 3.94. The Balaban J connectivity index is 2.42. The molecule has 0 saturated heterocycles. The molecule has 0 aliphatic carbocycles. The smallest absolute Gasteiger partial charge is 0.377 e. The molecule has 2 aromatic rings. The van der Waals surface area contributed by atoms with Gasteiger partial charge >= 0.3 is 5.97 Å². The van der Waals surface area contributed by atoms with Gasteiger partial charge in [0.2, 0.25) is 0 Å². The van der Waals surface area contributed by atoms with Crippen LogP contribution in [0.15, 0.2) is 22.7 Å². The summed E-state index contributed by atoms with van der Waals surface area (Å²) in [4.78, 5) is 14.3. The number of aryl methyl sites for hydroxylation is 1. The molecule has 1 N–H and O–H groups in total. The summed E-state index contributed by atoms with van der Waals surface area (Å²) in [6, 6.07) is 5.18. The number of rotatable bonds is 2. The molecule has 6 heteroatoms. The highest BCUT2D eigenvalue weighted by atomic mass is 35.5. The van der Waals surface area contributed by atoms with E-state index in [0.29, 0.717) is 10.6 Å². The summed E-state index contributed by atoms with van der Waals surface area (Å²) in [7, 11) is 0. The Bertz CT molecular complexity index is 551. The van der Waals surface area contributed by atoms with Crippen molar-refractivity contribution in [2.24, 2.45) is 0 Å². The lowest BCUT2D eigenvalue weighted by atomic mass is 10.1. The molecule has 0 unspecified atom stereocenters. The van der Waals surface area contributed by atoms with Gasteiger partial charge in [-0.05, 0) is 29.8 Å². The SMILES string of the molecule is Cc1ccc(-c2nc(C(=O)O)no2)cc1Cl. The minimum atomic E-state index is -1.23. The second-order valence-corrected chi connectivity index (χ2v) is 3.60.